The molecule has 0 atom stereocenters. The highest BCUT2D eigenvalue weighted by molar-refractivity contribution is 6.42. The number of hydrogen-bond acceptors (Lipinski definition) is 3. The first kappa shape index (κ1) is 12.4. The molecule has 1 heterocycles. The monoisotopic (exact) mass is 270 g/mol. The summed E-state index contributed by atoms with van der Waals surface area (Å²) in [4.78, 5) is 4.04. The minimum absolute atomic E-state index is 0.581. The summed E-state index contributed by atoms with van der Waals surface area (Å²) in [6, 6.07) is 5.62. The lowest BCUT2D eigenvalue weighted by molar-refractivity contribution is 0.672. The Bertz CT molecular complexity index is 470. The molecule has 0 radical (unpaired) electrons. The number of aromatic nitrogens is 3. The number of H-pyrrole nitrogens is 1. The highest BCUT2D eigenvalue weighted by atomic mass is 35.5. The summed E-state index contributed by atoms with van der Waals surface area (Å²) in [5.74, 6) is 0.881. The number of benzene rings is 1. The summed E-state index contributed by atoms with van der Waals surface area (Å²) in [6.45, 7) is 1.58. The van der Waals surface area contributed by atoms with Gasteiger partial charge in [0, 0.05) is 19.5 Å². The predicted molar refractivity (Wildman–Crippen MR) is 68.3 cm³/mol. The van der Waals surface area contributed by atoms with Crippen molar-refractivity contribution in [3.63, 3.8) is 0 Å². The number of aromatic amines is 1. The fraction of sp³-hybridized carbons (Fsp3) is 0.273. The molecule has 0 saturated heterocycles. The number of nitrogens with one attached hydrogen (secondary N) is 2. The summed E-state index contributed by atoms with van der Waals surface area (Å²) in [5, 5.41) is 11.1. The van der Waals surface area contributed by atoms with Crippen molar-refractivity contribution in [1.82, 2.24) is 20.5 Å². The Hall–Kier alpha value is -1.10. The molecule has 0 aliphatic carbocycles. The minimum Gasteiger partial charge on any atom is -0.312 e. The quantitative estimate of drug-likeness (QED) is 0.821. The van der Waals surface area contributed by atoms with E-state index in [-0.39, 0.29) is 0 Å². The number of hydrogen-bond donors (Lipinski definition) is 2. The Morgan fingerprint density at radius 2 is 2.12 bits per heavy atom. The van der Waals surface area contributed by atoms with Gasteiger partial charge in [0.25, 0.3) is 0 Å². The van der Waals surface area contributed by atoms with E-state index in [0.29, 0.717) is 10.0 Å². The molecule has 0 saturated carbocycles. The van der Waals surface area contributed by atoms with Gasteiger partial charge in [-0.3, -0.25) is 5.10 Å². The van der Waals surface area contributed by atoms with Crippen LogP contribution in [0.15, 0.2) is 24.5 Å². The Labute approximate surface area is 109 Å². The molecule has 2 N–H and O–H groups in total. The van der Waals surface area contributed by atoms with Crippen molar-refractivity contribution in [1.29, 1.82) is 0 Å². The van der Waals surface area contributed by atoms with Crippen LogP contribution in [0.1, 0.15) is 11.4 Å². The Morgan fingerprint density at radius 3 is 2.82 bits per heavy atom. The molecule has 0 aliphatic heterocycles. The molecular formula is C11H12Cl2N4. The molecule has 1 aromatic heterocycles. The van der Waals surface area contributed by atoms with Crippen LogP contribution in [0.3, 0.4) is 0 Å². The van der Waals surface area contributed by atoms with Gasteiger partial charge in [0.1, 0.15) is 12.2 Å². The molecule has 2 rings (SSSR count). The van der Waals surface area contributed by atoms with E-state index in [1.807, 2.05) is 12.1 Å². The summed E-state index contributed by atoms with van der Waals surface area (Å²) in [5.41, 5.74) is 1.11. The van der Waals surface area contributed by atoms with E-state index in [1.54, 1.807) is 6.07 Å². The second kappa shape index (κ2) is 6.00. The summed E-state index contributed by atoms with van der Waals surface area (Å²) >= 11 is 11.8. The van der Waals surface area contributed by atoms with E-state index in [4.69, 9.17) is 23.2 Å². The standard InChI is InChI=1S/C11H12Cl2N4/c12-9-2-1-8(5-10(9)13)6-14-4-3-11-15-7-16-17-11/h1-2,5,7,14H,3-4,6H2,(H,15,16,17). The van der Waals surface area contributed by atoms with E-state index < -0.39 is 0 Å². The lowest BCUT2D eigenvalue weighted by Crippen LogP contribution is -2.17. The van der Waals surface area contributed by atoms with Crippen LogP contribution in [-0.2, 0) is 13.0 Å². The Balaban J connectivity index is 1.76. The van der Waals surface area contributed by atoms with Crippen LogP contribution < -0.4 is 5.32 Å². The zero-order valence-electron chi connectivity index (χ0n) is 9.08. The minimum atomic E-state index is 0.581. The van der Waals surface area contributed by atoms with Crippen LogP contribution in [0.5, 0.6) is 0 Å². The molecule has 90 valence electrons. The van der Waals surface area contributed by atoms with Crippen molar-refractivity contribution in [3.05, 3.63) is 46.0 Å². The van der Waals surface area contributed by atoms with Crippen molar-refractivity contribution in [2.24, 2.45) is 0 Å². The van der Waals surface area contributed by atoms with Gasteiger partial charge in [0.2, 0.25) is 0 Å². The van der Waals surface area contributed by atoms with Crippen LogP contribution in [0.2, 0.25) is 10.0 Å². The van der Waals surface area contributed by atoms with Crippen molar-refractivity contribution >= 4 is 23.2 Å². The fourth-order valence-electron chi connectivity index (χ4n) is 1.44. The van der Waals surface area contributed by atoms with Crippen LogP contribution in [0, 0.1) is 0 Å². The van der Waals surface area contributed by atoms with Gasteiger partial charge in [-0.2, -0.15) is 5.10 Å². The SMILES string of the molecule is Clc1ccc(CNCCc2ncn[nH]2)cc1Cl. The first-order valence-corrected chi connectivity index (χ1v) is 6.00. The smallest absolute Gasteiger partial charge is 0.137 e. The maximum absolute atomic E-state index is 5.92. The van der Waals surface area contributed by atoms with Gasteiger partial charge in [-0.1, -0.05) is 29.3 Å². The third-order valence-electron chi connectivity index (χ3n) is 2.32. The predicted octanol–water partition coefficient (Wildman–Crippen LogP) is 2.44. The van der Waals surface area contributed by atoms with Gasteiger partial charge < -0.3 is 5.32 Å². The highest BCUT2D eigenvalue weighted by Gasteiger charge is 2.00. The summed E-state index contributed by atoms with van der Waals surface area (Å²) in [6.07, 6.45) is 2.33. The molecule has 0 aliphatic rings. The largest absolute Gasteiger partial charge is 0.312 e. The highest BCUT2D eigenvalue weighted by Crippen LogP contribution is 2.22. The summed E-state index contributed by atoms with van der Waals surface area (Å²) in [7, 11) is 0. The number of halogens is 2. The van der Waals surface area contributed by atoms with Crippen molar-refractivity contribution in [2.75, 3.05) is 6.54 Å². The van der Waals surface area contributed by atoms with E-state index >= 15 is 0 Å². The lowest BCUT2D eigenvalue weighted by Gasteiger charge is -2.05. The zero-order chi connectivity index (χ0) is 12.1. The fourth-order valence-corrected chi connectivity index (χ4v) is 1.76. The van der Waals surface area contributed by atoms with E-state index in [0.717, 1.165) is 30.9 Å². The van der Waals surface area contributed by atoms with Gasteiger partial charge >= 0.3 is 0 Å². The molecule has 6 heteroatoms. The first-order chi connectivity index (χ1) is 8.25. The van der Waals surface area contributed by atoms with Crippen molar-refractivity contribution < 1.29 is 0 Å². The van der Waals surface area contributed by atoms with Gasteiger partial charge in [-0.05, 0) is 17.7 Å². The average Bonchev–Trinajstić information content (AvgIpc) is 2.82. The van der Waals surface area contributed by atoms with E-state index in [2.05, 4.69) is 20.5 Å². The number of rotatable bonds is 5. The van der Waals surface area contributed by atoms with Crippen LogP contribution in [0.4, 0.5) is 0 Å². The first-order valence-electron chi connectivity index (χ1n) is 5.24. The zero-order valence-corrected chi connectivity index (χ0v) is 10.6. The number of nitrogens with zero attached hydrogens (tertiary/aromatic N) is 2. The second-order valence-corrected chi connectivity index (χ2v) is 4.42. The Kier molecular flexibility index (Phi) is 4.36. The normalized spacial score (nSPS) is 10.7. The molecule has 0 spiro atoms. The maximum Gasteiger partial charge on any atom is 0.137 e. The molecule has 0 bridgehead atoms. The molecule has 2 aromatic rings. The summed E-state index contributed by atoms with van der Waals surface area (Å²) < 4.78 is 0. The maximum atomic E-state index is 5.92. The van der Waals surface area contributed by atoms with E-state index in [9.17, 15) is 0 Å². The topological polar surface area (TPSA) is 53.6 Å². The molecular weight excluding hydrogens is 259 g/mol. The van der Waals surface area contributed by atoms with Crippen LogP contribution in [-0.4, -0.2) is 21.7 Å². The van der Waals surface area contributed by atoms with Crippen molar-refractivity contribution in [3.8, 4) is 0 Å². The molecule has 4 nitrogen and oxygen atoms in total. The third-order valence-corrected chi connectivity index (χ3v) is 3.06. The lowest BCUT2D eigenvalue weighted by atomic mass is 10.2. The van der Waals surface area contributed by atoms with Crippen LogP contribution in [0.25, 0.3) is 0 Å². The molecule has 0 fully saturated rings. The van der Waals surface area contributed by atoms with E-state index in [1.165, 1.54) is 6.33 Å². The van der Waals surface area contributed by atoms with Gasteiger partial charge in [-0.25, -0.2) is 4.98 Å². The van der Waals surface area contributed by atoms with Crippen molar-refractivity contribution in [2.45, 2.75) is 13.0 Å². The Morgan fingerprint density at radius 1 is 1.24 bits per heavy atom. The van der Waals surface area contributed by atoms with Gasteiger partial charge in [0.15, 0.2) is 0 Å². The molecule has 17 heavy (non-hydrogen) atoms. The molecule has 1 aromatic carbocycles. The van der Waals surface area contributed by atoms with Crippen LogP contribution >= 0.6 is 23.2 Å². The third kappa shape index (κ3) is 3.70. The van der Waals surface area contributed by atoms with Gasteiger partial charge in [0.05, 0.1) is 10.0 Å². The molecule has 0 unspecified atom stereocenters. The molecule has 0 amide bonds. The average molecular weight is 271 g/mol. The van der Waals surface area contributed by atoms with Gasteiger partial charge in [-0.15, -0.1) is 0 Å². The second-order valence-electron chi connectivity index (χ2n) is 3.61.